The lowest BCUT2D eigenvalue weighted by atomic mass is 10.1. The van der Waals surface area contributed by atoms with Gasteiger partial charge < -0.3 is 19.5 Å². The van der Waals surface area contributed by atoms with Gasteiger partial charge in [-0.05, 0) is 13.3 Å². The van der Waals surface area contributed by atoms with Crippen molar-refractivity contribution < 1.29 is 19.0 Å². The van der Waals surface area contributed by atoms with Crippen molar-refractivity contribution in [2.75, 3.05) is 26.1 Å². The van der Waals surface area contributed by atoms with Crippen molar-refractivity contribution in [3.63, 3.8) is 0 Å². The highest BCUT2D eigenvalue weighted by molar-refractivity contribution is 5.79. The fraction of sp³-hybridized carbons (Fsp3) is 0.533. The number of carbonyl (C=O) groups excluding carboxylic acids is 1. The highest BCUT2D eigenvalue weighted by Gasteiger charge is 2.19. The minimum Gasteiger partial charge on any atom is -0.497 e. The molecule has 1 aromatic carbocycles. The number of carbonyl (C=O) groups is 1. The van der Waals surface area contributed by atoms with E-state index in [-0.39, 0.29) is 12.0 Å². The Kier molecular flexibility index (Phi) is 6.70. The predicted molar refractivity (Wildman–Crippen MR) is 78.5 cm³/mol. The summed E-state index contributed by atoms with van der Waals surface area (Å²) in [6.45, 7) is 4.21. The molecule has 0 fully saturated rings. The Hall–Kier alpha value is -1.91. The van der Waals surface area contributed by atoms with E-state index < -0.39 is 0 Å². The lowest BCUT2D eigenvalue weighted by molar-refractivity contribution is -0.144. The van der Waals surface area contributed by atoms with Crippen LogP contribution in [0.3, 0.4) is 0 Å². The molecular formula is C15H23NO4. The van der Waals surface area contributed by atoms with Crippen molar-refractivity contribution >= 4 is 11.7 Å². The van der Waals surface area contributed by atoms with Crippen LogP contribution in [0.4, 0.5) is 5.69 Å². The first-order valence-corrected chi connectivity index (χ1v) is 6.80. The summed E-state index contributed by atoms with van der Waals surface area (Å²) in [5.41, 5.74) is 0.771. The zero-order chi connectivity index (χ0) is 15.0. The van der Waals surface area contributed by atoms with Gasteiger partial charge >= 0.3 is 5.97 Å². The summed E-state index contributed by atoms with van der Waals surface area (Å²) < 4.78 is 15.5. The molecule has 20 heavy (non-hydrogen) atoms. The van der Waals surface area contributed by atoms with Gasteiger partial charge in [-0.3, -0.25) is 0 Å². The van der Waals surface area contributed by atoms with E-state index in [0.29, 0.717) is 24.5 Å². The number of benzene rings is 1. The van der Waals surface area contributed by atoms with Crippen LogP contribution in [0.5, 0.6) is 11.5 Å². The van der Waals surface area contributed by atoms with Crippen molar-refractivity contribution in [3.8, 4) is 11.5 Å². The molecule has 0 aromatic heterocycles. The molecule has 112 valence electrons. The first kappa shape index (κ1) is 16.1. The normalized spacial score (nSPS) is 11.6. The lowest BCUT2D eigenvalue weighted by Gasteiger charge is -2.18. The van der Waals surface area contributed by atoms with Gasteiger partial charge in [-0.15, -0.1) is 0 Å². The van der Waals surface area contributed by atoms with Crippen LogP contribution in [0.2, 0.25) is 0 Å². The van der Waals surface area contributed by atoms with E-state index in [1.54, 1.807) is 27.2 Å². The maximum atomic E-state index is 11.9. The summed E-state index contributed by atoms with van der Waals surface area (Å²) in [7, 11) is 3.18. The molecule has 0 radical (unpaired) electrons. The summed E-state index contributed by atoms with van der Waals surface area (Å²) in [6.07, 6.45) is 1.59. The van der Waals surface area contributed by atoms with Crippen molar-refractivity contribution in [1.82, 2.24) is 0 Å². The molecule has 1 aromatic rings. The van der Waals surface area contributed by atoms with Gasteiger partial charge in [0.25, 0.3) is 0 Å². The van der Waals surface area contributed by atoms with Crippen molar-refractivity contribution in [2.45, 2.75) is 32.7 Å². The number of rotatable bonds is 8. The maximum Gasteiger partial charge on any atom is 0.328 e. The first-order valence-electron chi connectivity index (χ1n) is 6.80. The van der Waals surface area contributed by atoms with Gasteiger partial charge in [0.2, 0.25) is 0 Å². The minimum atomic E-state index is -0.364. The molecule has 0 aliphatic carbocycles. The number of hydrogen-bond donors (Lipinski definition) is 1. The third-order valence-corrected chi connectivity index (χ3v) is 2.84. The molecule has 0 heterocycles. The number of ether oxygens (including phenoxy) is 3. The fourth-order valence-corrected chi connectivity index (χ4v) is 1.87. The van der Waals surface area contributed by atoms with Gasteiger partial charge in [0.05, 0.1) is 20.8 Å². The molecule has 0 aliphatic rings. The molecule has 0 spiro atoms. The molecule has 0 amide bonds. The van der Waals surface area contributed by atoms with Crippen LogP contribution >= 0.6 is 0 Å². The third-order valence-electron chi connectivity index (χ3n) is 2.84. The zero-order valence-corrected chi connectivity index (χ0v) is 12.6. The molecule has 0 saturated carbocycles. The Labute approximate surface area is 120 Å². The second-order valence-electron chi connectivity index (χ2n) is 4.34. The Balaban J connectivity index is 2.89. The van der Waals surface area contributed by atoms with E-state index in [1.165, 1.54) is 0 Å². The van der Waals surface area contributed by atoms with Crippen LogP contribution < -0.4 is 14.8 Å². The Morgan fingerprint density at radius 3 is 2.20 bits per heavy atom. The quantitative estimate of drug-likeness (QED) is 0.743. The molecule has 1 unspecified atom stereocenters. The summed E-state index contributed by atoms with van der Waals surface area (Å²) in [6, 6.07) is 5.07. The molecule has 1 rings (SSSR count). The van der Waals surface area contributed by atoms with E-state index in [0.717, 1.165) is 12.1 Å². The number of methoxy groups -OCH3 is 2. The molecule has 0 aliphatic heterocycles. The topological polar surface area (TPSA) is 56.8 Å². The molecule has 0 bridgehead atoms. The highest BCUT2D eigenvalue weighted by atomic mass is 16.5. The minimum absolute atomic E-state index is 0.240. The number of anilines is 1. The average molecular weight is 281 g/mol. The number of hydrogen-bond acceptors (Lipinski definition) is 5. The standard InChI is InChI=1S/C15H23NO4/c1-5-7-14(15(17)20-6-2)16-11-8-12(18-3)10-13(9-11)19-4/h8-10,14,16H,5-7H2,1-4H3. The van der Waals surface area contributed by atoms with Crippen molar-refractivity contribution in [3.05, 3.63) is 18.2 Å². The fourth-order valence-electron chi connectivity index (χ4n) is 1.87. The van der Waals surface area contributed by atoms with E-state index in [9.17, 15) is 4.79 Å². The molecule has 1 N–H and O–H groups in total. The summed E-state index contributed by atoms with van der Waals surface area (Å²) in [5, 5.41) is 3.18. The summed E-state index contributed by atoms with van der Waals surface area (Å²) in [5.74, 6) is 1.10. The van der Waals surface area contributed by atoms with Crippen molar-refractivity contribution in [2.24, 2.45) is 0 Å². The van der Waals surface area contributed by atoms with Crippen LogP contribution in [0.15, 0.2) is 18.2 Å². The van der Waals surface area contributed by atoms with Gasteiger partial charge in [-0.25, -0.2) is 4.79 Å². The predicted octanol–water partition coefficient (Wildman–Crippen LogP) is 2.85. The monoisotopic (exact) mass is 281 g/mol. The van der Waals surface area contributed by atoms with Gasteiger partial charge in [0, 0.05) is 23.9 Å². The SMILES string of the molecule is CCCC(Nc1cc(OC)cc(OC)c1)C(=O)OCC. The average Bonchev–Trinajstić information content (AvgIpc) is 2.46. The van der Waals surface area contributed by atoms with E-state index in [2.05, 4.69) is 5.32 Å². The smallest absolute Gasteiger partial charge is 0.328 e. The Morgan fingerprint density at radius 1 is 1.15 bits per heavy atom. The van der Waals surface area contributed by atoms with E-state index in [4.69, 9.17) is 14.2 Å². The van der Waals surface area contributed by atoms with Crippen LogP contribution in [-0.4, -0.2) is 32.8 Å². The second-order valence-corrected chi connectivity index (χ2v) is 4.34. The Bertz CT molecular complexity index is 412. The molecule has 0 saturated heterocycles. The van der Waals surface area contributed by atoms with Crippen LogP contribution in [0.25, 0.3) is 0 Å². The van der Waals surface area contributed by atoms with Gasteiger partial charge in [0.15, 0.2) is 0 Å². The number of nitrogens with one attached hydrogen (secondary N) is 1. The van der Waals surface area contributed by atoms with Gasteiger partial charge in [0.1, 0.15) is 17.5 Å². The lowest BCUT2D eigenvalue weighted by Crippen LogP contribution is -2.31. The van der Waals surface area contributed by atoms with Crippen molar-refractivity contribution in [1.29, 1.82) is 0 Å². The third kappa shape index (κ3) is 4.64. The molecular weight excluding hydrogens is 258 g/mol. The van der Waals surface area contributed by atoms with Gasteiger partial charge in [-0.2, -0.15) is 0 Å². The summed E-state index contributed by atoms with van der Waals surface area (Å²) >= 11 is 0. The van der Waals surface area contributed by atoms with Crippen LogP contribution in [0.1, 0.15) is 26.7 Å². The van der Waals surface area contributed by atoms with E-state index in [1.807, 2.05) is 19.1 Å². The highest BCUT2D eigenvalue weighted by Crippen LogP contribution is 2.26. The first-order chi connectivity index (χ1) is 9.64. The van der Waals surface area contributed by atoms with E-state index >= 15 is 0 Å². The molecule has 5 nitrogen and oxygen atoms in total. The largest absolute Gasteiger partial charge is 0.497 e. The molecule has 5 heteroatoms. The second kappa shape index (κ2) is 8.30. The number of esters is 1. The Morgan fingerprint density at radius 2 is 1.75 bits per heavy atom. The summed E-state index contributed by atoms with van der Waals surface area (Å²) in [4.78, 5) is 11.9. The zero-order valence-electron chi connectivity index (χ0n) is 12.6. The maximum absolute atomic E-state index is 11.9. The van der Waals surface area contributed by atoms with Crippen LogP contribution in [-0.2, 0) is 9.53 Å². The van der Waals surface area contributed by atoms with Gasteiger partial charge in [-0.1, -0.05) is 13.3 Å². The molecule has 1 atom stereocenters. The van der Waals surface area contributed by atoms with Crippen LogP contribution in [0, 0.1) is 0 Å².